The van der Waals surface area contributed by atoms with Crippen LogP contribution in [0.5, 0.6) is 0 Å². The molecule has 1 heterocycles. The van der Waals surface area contributed by atoms with Crippen LogP contribution in [0.1, 0.15) is 25.7 Å². The molecule has 0 spiro atoms. The van der Waals surface area contributed by atoms with Gasteiger partial charge in [0.25, 0.3) is 0 Å². The topological polar surface area (TPSA) is 50.7 Å². The summed E-state index contributed by atoms with van der Waals surface area (Å²) in [6.45, 7) is 0.834. The summed E-state index contributed by atoms with van der Waals surface area (Å²) in [7, 11) is 0. The van der Waals surface area contributed by atoms with E-state index in [1.54, 1.807) is 11.9 Å². The lowest BCUT2D eigenvalue weighted by Crippen LogP contribution is -2.28. The number of nitrogens with zero attached hydrogens (tertiary/aromatic N) is 2. The van der Waals surface area contributed by atoms with Crippen LogP contribution in [0.4, 0.5) is 0 Å². The van der Waals surface area contributed by atoms with Crippen molar-refractivity contribution >= 4 is 11.9 Å². The van der Waals surface area contributed by atoms with Gasteiger partial charge >= 0.3 is 0 Å². The Morgan fingerprint density at radius 3 is 3.17 bits per heavy atom. The van der Waals surface area contributed by atoms with Crippen LogP contribution in [0.2, 0.25) is 0 Å². The minimum absolute atomic E-state index is 0.532. The lowest BCUT2D eigenvalue weighted by Gasteiger charge is -2.28. The van der Waals surface area contributed by atoms with Crippen molar-refractivity contribution in [2.45, 2.75) is 37.0 Å². The maximum absolute atomic E-state index is 5.54. The zero-order valence-electron chi connectivity index (χ0n) is 7.15. The fourth-order valence-corrected chi connectivity index (χ4v) is 3.07. The monoisotopic (exact) mass is 185 g/mol. The summed E-state index contributed by atoms with van der Waals surface area (Å²) in [5.41, 5.74) is 5.54. The predicted octanol–water partition coefficient (Wildman–Crippen LogP) is 1.99. The third kappa shape index (κ3) is 1.64. The Labute approximate surface area is 77.3 Å². The maximum atomic E-state index is 5.54. The quantitative estimate of drug-likeness (QED) is 0.669. The number of nitrogens with two attached hydrogens (primary N) is 1. The van der Waals surface area contributed by atoms with Crippen molar-refractivity contribution in [1.82, 2.24) is 0 Å². The summed E-state index contributed by atoms with van der Waals surface area (Å²) < 4.78 is 4.03. The molecule has 2 aliphatic rings. The van der Waals surface area contributed by atoms with Gasteiger partial charge in [-0.3, -0.25) is 0 Å². The largest absolute Gasteiger partial charge is 0.330 e. The van der Waals surface area contributed by atoms with E-state index in [4.69, 9.17) is 5.73 Å². The highest BCUT2D eigenvalue weighted by atomic mass is 32.2. The number of fused-ring (bicyclic) bond motifs is 1. The Bertz CT molecular complexity index is 183. The van der Waals surface area contributed by atoms with E-state index in [0.717, 1.165) is 12.5 Å². The van der Waals surface area contributed by atoms with Crippen molar-refractivity contribution < 1.29 is 0 Å². The molecule has 3 nitrogen and oxygen atoms in total. The molecule has 1 fully saturated rings. The van der Waals surface area contributed by atoms with Crippen LogP contribution in [0.3, 0.4) is 0 Å². The Morgan fingerprint density at radius 2 is 2.33 bits per heavy atom. The number of hydrogen-bond acceptors (Lipinski definition) is 4. The zero-order valence-corrected chi connectivity index (χ0v) is 7.96. The summed E-state index contributed by atoms with van der Waals surface area (Å²) in [6, 6.07) is 0.532. The molecule has 0 saturated heterocycles. The van der Waals surface area contributed by atoms with Crippen LogP contribution in [-0.4, -0.2) is 17.8 Å². The van der Waals surface area contributed by atoms with Crippen molar-refractivity contribution in [1.29, 1.82) is 0 Å². The van der Waals surface area contributed by atoms with Gasteiger partial charge in [0.1, 0.15) is 0 Å². The van der Waals surface area contributed by atoms with Gasteiger partial charge in [0.2, 0.25) is 0 Å². The van der Waals surface area contributed by atoms with Gasteiger partial charge in [-0.1, -0.05) is 0 Å². The van der Waals surface area contributed by atoms with Crippen molar-refractivity contribution in [3.05, 3.63) is 0 Å². The summed E-state index contributed by atoms with van der Waals surface area (Å²) in [6.07, 6.45) is 4.99. The molecule has 0 aromatic rings. The Morgan fingerprint density at radius 1 is 1.42 bits per heavy atom. The molecule has 0 radical (unpaired) electrons. The van der Waals surface area contributed by atoms with Crippen LogP contribution >= 0.6 is 11.9 Å². The van der Waals surface area contributed by atoms with E-state index in [2.05, 4.69) is 9.63 Å². The van der Waals surface area contributed by atoms with Gasteiger partial charge in [0.15, 0.2) is 0 Å². The Hall–Kier alpha value is -0.0900. The highest BCUT2D eigenvalue weighted by molar-refractivity contribution is 7.98. The minimum Gasteiger partial charge on any atom is -0.330 e. The average molecular weight is 185 g/mol. The van der Waals surface area contributed by atoms with E-state index in [9.17, 15) is 0 Å². The summed E-state index contributed by atoms with van der Waals surface area (Å²) in [4.78, 5) is 0. The molecule has 1 aliphatic heterocycles. The third-order valence-electron chi connectivity index (χ3n) is 2.82. The van der Waals surface area contributed by atoms with E-state index in [0.29, 0.717) is 11.3 Å². The van der Waals surface area contributed by atoms with Crippen molar-refractivity contribution in [2.24, 2.45) is 21.3 Å². The minimum atomic E-state index is 0.532. The van der Waals surface area contributed by atoms with Crippen molar-refractivity contribution in [3.8, 4) is 0 Å². The van der Waals surface area contributed by atoms with Gasteiger partial charge in [0, 0.05) is 11.9 Å². The molecule has 12 heavy (non-hydrogen) atoms. The van der Waals surface area contributed by atoms with Crippen LogP contribution < -0.4 is 5.73 Å². The molecule has 68 valence electrons. The van der Waals surface area contributed by atoms with E-state index >= 15 is 0 Å². The molecular weight excluding hydrogens is 170 g/mol. The molecule has 0 bridgehead atoms. The van der Waals surface area contributed by atoms with Crippen LogP contribution in [0, 0.1) is 5.92 Å². The lowest BCUT2D eigenvalue weighted by atomic mass is 9.84. The molecular formula is C8H15N3S. The molecule has 2 N–H and O–H groups in total. The second-order valence-corrected chi connectivity index (χ2v) is 4.64. The highest BCUT2D eigenvalue weighted by Gasteiger charge is 2.33. The molecule has 0 aromatic heterocycles. The predicted molar refractivity (Wildman–Crippen MR) is 51.0 cm³/mol. The van der Waals surface area contributed by atoms with Gasteiger partial charge in [-0.15, -0.1) is 4.52 Å². The van der Waals surface area contributed by atoms with Gasteiger partial charge in [-0.25, -0.2) is 0 Å². The Kier molecular flexibility index (Phi) is 2.66. The standard InChI is InChI=1S/C8H15N3S/c9-4-3-6-1-2-7-8(5-6)12-11-10-7/h6-8H,1-5,9H2. The summed E-state index contributed by atoms with van der Waals surface area (Å²) in [5.74, 6) is 0.840. The average Bonchev–Trinajstić information content (AvgIpc) is 2.51. The molecule has 4 heteroatoms. The lowest BCUT2D eigenvalue weighted by molar-refractivity contribution is 0.325. The zero-order chi connectivity index (χ0) is 8.39. The van der Waals surface area contributed by atoms with Crippen LogP contribution in [0.15, 0.2) is 9.63 Å². The fourth-order valence-electron chi connectivity index (χ4n) is 2.09. The second-order valence-electron chi connectivity index (χ2n) is 3.66. The second kappa shape index (κ2) is 3.75. The summed E-state index contributed by atoms with van der Waals surface area (Å²) in [5, 5.41) is 4.89. The highest BCUT2D eigenvalue weighted by Crippen LogP contribution is 2.40. The molecule has 2 rings (SSSR count). The van der Waals surface area contributed by atoms with E-state index < -0.39 is 0 Å². The van der Waals surface area contributed by atoms with E-state index in [1.807, 2.05) is 0 Å². The van der Waals surface area contributed by atoms with Gasteiger partial charge < -0.3 is 5.73 Å². The fraction of sp³-hybridized carbons (Fsp3) is 1.00. The first-order valence-corrected chi connectivity index (χ1v) is 5.50. The van der Waals surface area contributed by atoms with Gasteiger partial charge in [0.05, 0.1) is 11.3 Å². The first-order valence-electron chi connectivity index (χ1n) is 4.66. The van der Waals surface area contributed by atoms with Crippen molar-refractivity contribution in [2.75, 3.05) is 6.54 Å². The molecule has 3 atom stereocenters. The smallest absolute Gasteiger partial charge is 0.0856 e. The molecule has 0 amide bonds. The number of rotatable bonds is 2. The molecule has 0 aromatic carbocycles. The van der Waals surface area contributed by atoms with Crippen LogP contribution in [0.25, 0.3) is 0 Å². The van der Waals surface area contributed by atoms with Crippen LogP contribution in [-0.2, 0) is 0 Å². The molecule has 1 aliphatic carbocycles. The first kappa shape index (κ1) is 8.51. The van der Waals surface area contributed by atoms with Gasteiger partial charge in [-0.05, 0) is 38.1 Å². The Balaban J connectivity index is 1.86. The third-order valence-corrected chi connectivity index (χ3v) is 3.78. The normalized spacial score (nSPS) is 39.9. The molecule has 1 saturated carbocycles. The summed E-state index contributed by atoms with van der Waals surface area (Å²) >= 11 is 1.67. The van der Waals surface area contributed by atoms with Crippen molar-refractivity contribution in [3.63, 3.8) is 0 Å². The SMILES string of the molecule is NCCC1CCC2N=NSC2C1. The maximum Gasteiger partial charge on any atom is 0.0856 e. The van der Waals surface area contributed by atoms with Gasteiger partial charge in [-0.2, -0.15) is 5.11 Å². The molecule has 3 unspecified atom stereocenters. The van der Waals surface area contributed by atoms with E-state index in [1.165, 1.54) is 25.7 Å². The first-order chi connectivity index (χ1) is 5.90. The van der Waals surface area contributed by atoms with E-state index in [-0.39, 0.29) is 0 Å². The number of hydrogen-bond donors (Lipinski definition) is 1.